The Balaban J connectivity index is 1.32. The van der Waals surface area contributed by atoms with E-state index in [1.165, 1.54) is 24.8 Å². The van der Waals surface area contributed by atoms with Gasteiger partial charge in [-0.25, -0.2) is 9.97 Å². The number of carbonyl (C=O) groups excluding carboxylic acids is 1. The molecule has 5 rings (SSSR count). The van der Waals surface area contributed by atoms with Crippen LogP contribution in [0.25, 0.3) is 0 Å². The van der Waals surface area contributed by atoms with Crippen molar-refractivity contribution >= 4 is 11.7 Å². The molecule has 2 aromatic heterocycles. The van der Waals surface area contributed by atoms with Crippen LogP contribution in [0.1, 0.15) is 80.1 Å². The van der Waals surface area contributed by atoms with Crippen molar-refractivity contribution in [2.45, 2.75) is 77.0 Å². The lowest BCUT2D eigenvalue weighted by Gasteiger charge is -2.36. The standard InChI is InChI=1S/C27H37N5O/c1-20-24-13-8-16-31(18-14-23-12-5-6-15-28-23)26(24)30-25(29-20)22-11-7-17-32(19-22)27(33)21-9-3-2-4-10-21/h5-6,12,15,21-22H,2-4,7-11,13-14,16-19H2,1H3. The molecule has 2 aliphatic heterocycles. The van der Waals surface area contributed by atoms with E-state index in [4.69, 9.17) is 9.97 Å². The van der Waals surface area contributed by atoms with Crippen LogP contribution in [0.3, 0.4) is 0 Å². The second-order valence-electron chi connectivity index (χ2n) is 10.1. The number of fused-ring (bicyclic) bond motifs is 1. The van der Waals surface area contributed by atoms with Crippen LogP contribution in [0.4, 0.5) is 5.82 Å². The van der Waals surface area contributed by atoms with Gasteiger partial charge in [0.1, 0.15) is 11.6 Å². The molecule has 6 heteroatoms. The number of carbonyl (C=O) groups is 1. The van der Waals surface area contributed by atoms with E-state index in [1.54, 1.807) is 0 Å². The molecule has 1 aliphatic carbocycles. The summed E-state index contributed by atoms with van der Waals surface area (Å²) >= 11 is 0. The lowest BCUT2D eigenvalue weighted by atomic mass is 9.87. The molecule has 176 valence electrons. The number of nitrogens with zero attached hydrogens (tertiary/aromatic N) is 5. The van der Waals surface area contributed by atoms with Crippen molar-refractivity contribution in [3.05, 3.63) is 47.2 Å². The molecular formula is C27H37N5O. The molecule has 1 saturated carbocycles. The topological polar surface area (TPSA) is 62.2 Å². The first-order valence-electron chi connectivity index (χ1n) is 13.0. The van der Waals surface area contributed by atoms with Gasteiger partial charge in [0.05, 0.1) is 0 Å². The summed E-state index contributed by atoms with van der Waals surface area (Å²) in [6.07, 6.45) is 12.9. The maximum atomic E-state index is 13.2. The van der Waals surface area contributed by atoms with E-state index in [0.29, 0.717) is 5.91 Å². The molecule has 0 spiro atoms. The summed E-state index contributed by atoms with van der Waals surface area (Å²) in [5.74, 6) is 2.93. The normalized spacial score (nSPS) is 21.7. The predicted molar refractivity (Wildman–Crippen MR) is 130 cm³/mol. The molecular weight excluding hydrogens is 410 g/mol. The number of likely N-dealkylation sites (tertiary alicyclic amines) is 1. The summed E-state index contributed by atoms with van der Waals surface area (Å²) in [4.78, 5) is 32.4. The SMILES string of the molecule is Cc1nc(C2CCCN(C(=O)C3CCCCC3)C2)nc2c1CCCN2CCc1ccccn1. The number of rotatable bonds is 5. The van der Waals surface area contributed by atoms with Crippen molar-refractivity contribution in [2.75, 3.05) is 31.1 Å². The molecule has 1 amide bonds. The summed E-state index contributed by atoms with van der Waals surface area (Å²) in [6, 6.07) is 6.12. The Kier molecular flexibility index (Phi) is 6.88. The molecule has 1 unspecified atom stereocenters. The van der Waals surface area contributed by atoms with Crippen LogP contribution in [0.2, 0.25) is 0 Å². The van der Waals surface area contributed by atoms with E-state index >= 15 is 0 Å². The summed E-state index contributed by atoms with van der Waals surface area (Å²) in [6.45, 7) is 5.77. The van der Waals surface area contributed by atoms with Gasteiger partial charge in [0.25, 0.3) is 0 Å². The van der Waals surface area contributed by atoms with E-state index in [0.717, 1.165) is 94.2 Å². The summed E-state index contributed by atoms with van der Waals surface area (Å²) in [7, 11) is 0. The lowest BCUT2D eigenvalue weighted by molar-refractivity contribution is -0.137. The monoisotopic (exact) mass is 447 g/mol. The number of amides is 1. The molecule has 3 aliphatic rings. The van der Waals surface area contributed by atoms with Crippen LogP contribution in [-0.4, -0.2) is 51.9 Å². The smallest absolute Gasteiger partial charge is 0.225 e. The van der Waals surface area contributed by atoms with Crippen LogP contribution >= 0.6 is 0 Å². The number of aromatic nitrogens is 3. The van der Waals surface area contributed by atoms with Crippen molar-refractivity contribution in [2.24, 2.45) is 5.92 Å². The predicted octanol–water partition coefficient (Wildman–Crippen LogP) is 4.46. The van der Waals surface area contributed by atoms with Gasteiger partial charge >= 0.3 is 0 Å². The van der Waals surface area contributed by atoms with E-state index < -0.39 is 0 Å². The van der Waals surface area contributed by atoms with Crippen LogP contribution in [0.15, 0.2) is 24.4 Å². The fraction of sp³-hybridized carbons (Fsp3) is 0.630. The van der Waals surface area contributed by atoms with Crippen LogP contribution < -0.4 is 4.90 Å². The third-order valence-corrected chi connectivity index (χ3v) is 7.78. The lowest BCUT2D eigenvalue weighted by Crippen LogP contribution is -2.43. The van der Waals surface area contributed by atoms with Gasteiger partial charge in [0, 0.05) is 67.6 Å². The fourth-order valence-corrected chi connectivity index (χ4v) is 5.90. The maximum absolute atomic E-state index is 13.2. The quantitative estimate of drug-likeness (QED) is 0.677. The number of pyridine rings is 1. The number of anilines is 1. The van der Waals surface area contributed by atoms with Crippen molar-refractivity contribution in [1.29, 1.82) is 0 Å². The van der Waals surface area contributed by atoms with Crippen LogP contribution in [0, 0.1) is 12.8 Å². The first-order valence-corrected chi connectivity index (χ1v) is 13.0. The molecule has 6 nitrogen and oxygen atoms in total. The number of hydrogen-bond acceptors (Lipinski definition) is 5. The van der Waals surface area contributed by atoms with Gasteiger partial charge in [-0.3, -0.25) is 9.78 Å². The highest BCUT2D eigenvalue weighted by molar-refractivity contribution is 5.79. The molecule has 0 radical (unpaired) electrons. The molecule has 1 saturated heterocycles. The summed E-state index contributed by atoms with van der Waals surface area (Å²) < 4.78 is 0. The molecule has 1 atom stereocenters. The van der Waals surface area contributed by atoms with Crippen LogP contribution in [0.5, 0.6) is 0 Å². The minimum atomic E-state index is 0.241. The average molecular weight is 448 g/mol. The molecule has 0 aromatic carbocycles. The van der Waals surface area contributed by atoms with Gasteiger partial charge < -0.3 is 9.80 Å². The number of hydrogen-bond donors (Lipinski definition) is 0. The Morgan fingerprint density at radius 3 is 2.73 bits per heavy atom. The first-order chi connectivity index (χ1) is 16.2. The van der Waals surface area contributed by atoms with Crippen molar-refractivity contribution < 1.29 is 4.79 Å². The Morgan fingerprint density at radius 1 is 1.03 bits per heavy atom. The second kappa shape index (κ2) is 10.2. The molecule has 2 fully saturated rings. The third-order valence-electron chi connectivity index (χ3n) is 7.78. The first kappa shape index (κ1) is 22.3. The van der Waals surface area contributed by atoms with Gasteiger partial charge in [-0.15, -0.1) is 0 Å². The van der Waals surface area contributed by atoms with Gasteiger partial charge in [-0.1, -0.05) is 25.3 Å². The summed E-state index contributed by atoms with van der Waals surface area (Å²) in [5, 5.41) is 0. The highest BCUT2D eigenvalue weighted by Crippen LogP contribution is 2.33. The Bertz CT molecular complexity index is 956. The Hall–Kier alpha value is -2.50. The zero-order valence-corrected chi connectivity index (χ0v) is 20.0. The van der Waals surface area contributed by atoms with E-state index in [1.807, 2.05) is 12.3 Å². The zero-order valence-electron chi connectivity index (χ0n) is 20.0. The molecule has 0 bridgehead atoms. The minimum absolute atomic E-state index is 0.241. The highest BCUT2D eigenvalue weighted by atomic mass is 16.2. The largest absolute Gasteiger partial charge is 0.356 e. The number of piperidine rings is 1. The molecule has 2 aromatic rings. The molecule has 33 heavy (non-hydrogen) atoms. The van der Waals surface area contributed by atoms with Gasteiger partial charge in [-0.05, 0) is 57.6 Å². The van der Waals surface area contributed by atoms with E-state index in [9.17, 15) is 4.79 Å². The average Bonchev–Trinajstić information content (AvgIpc) is 2.88. The molecule has 0 N–H and O–H groups in total. The van der Waals surface area contributed by atoms with Crippen molar-refractivity contribution in [1.82, 2.24) is 19.9 Å². The van der Waals surface area contributed by atoms with Crippen molar-refractivity contribution in [3.63, 3.8) is 0 Å². The highest BCUT2D eigenvalue weighted by Gasteiger charge is 2.32. The Labute approximate surface area is 197 Å². The molecule has 4 heterocycles. The van der Waals surface area contributed by atoms with E-state index in [2.05, 4.69) is 33.8 Å². The van der Waals surface area contributed by atoms with Gasteiger partial charge in [0.2, 0.25) is 5.91 Å². The maximum Gasteiger partial charge on any atom is 0.225 e. The summed E-state index contributed by atoms with van der Waals surface area (Å²) in [5.41, 5.74) is 3.55. The second-order valence-corrected chi connectivity index (χ2v) is 10.1. The number of aryl methyl sites for hydroxylation is 1. The van der Waals surface area contributed by atoms with E-state index in [-0.39, 0.29) is 11.8 Å². The van der Waals surface area contributed by atoms with Crippen LogP contribution in [-0.2, 0) is 17.6 Å². The fourth-order valence-electron chi connectivity index (χ4n) is 5.90. The minimum Gasteiger partial charge on any atom is -0.356 e. The van der Waals surface area contributed by atoms with Crippen molar-refractivity contribution in [3.8, 4) is 0 Å². The van der Waals surface area contributed by atoms with Gasteiger partial charge in [-0.2, -0.15) is 0 Å². The third kappa shape index (κ3) is 5.04. The zero-order chi connectivity index (χ0) is 22.6. The van der Waals surface area contributed by atoms with Gasteiger partial charge in [0.15, 0.2) is 0 Å². The Morgan fingerprint density at radius 2 is 1.91 bits per heavy atom.